The van der Waals surface area contributed by atoms with E-state index in [1.165, 1.54) is 18.2 Å². The molecule has 0 radical (unpaired) electrons. The topological polar surface area (TPSA) is 91.0 Å². The van der Waals surface area contributed by atoms with Gasteiger partial charge in [-0.3, -0.25) is 10.1 Å². The average molecular weight is 453 g/mol. The Balaban J connectivity index is 0. The number of hydrogen-bond acceptors (Lipinski definition) is 6. The van der Waals surface area contributed by atoms with Crippen molar-refractivity contribution in [3.8, 4) is 0 Å². The second kappa shape index (κ2) is 18.3. The molecule has 0 unspecified atom stereocenters. The molecule has 8 heteroatoms. The van der Waals surface area contributed by atoms with E-state index in [2.05, 4.69) is 23.8 Å². The fraction of sp³-hybridized carbons (Fsp3) is 0.435. The second-order valence-electron chi connectivity index (χ2n) is 5.88. The lowest BCUT2D eigenvalue weighted by Crippen LogP contribution is -2.30. The molecule has 0 atom stereocenters. The zero-order valence-corrected chi connectivity index (χ0v) is 20.5. The first-order valence-corrected chi connectivity index (χ1v) is 10.7. The molecule has 1 aromatic rings. The molecule has 0 fully saturated rings. The van der Waals surface area contributed by atoms with Crippen molar-refractivity contribution in [1.82, 2.24) is 10.2 Å². The summed E-state index contributed by atoms with van der Waals surface area (Å²) >= 11 is 6.19. The Bertz CT molecular complexity index is 772. The number of allylic oxidation sites excluding steroid dienone is 3. The number of aliphatic hydroxyl groups is 1. The number of aliphatic hydroxyl groups excluding tert-OH is 1. The van der Waals surface area contributed by atoms with Crippen LogP contribution in [0.1, 0.15) is 40.2 Å². The maximum absolute atomic E-state index is 10.9. The van der Waals surface area contributed by atoms with E-state index in [1.54, 1.807) is 6.92 Å². The number of benzene rings is 1. The van der Waals surface area contributed by atoms with Gasteiger partial charge in [-0.1, -0.05) is 51.1 Å². The van der Waals surface area contributed by atoms with Crippen LogP contribution >= 0.6 is 11.6 Å². The molecular formula is C23H37ClN4O3. The van der Waals surface area contributed by atoms with Crippen molar-refractivity contribution in [2.75, 3.05) is 33.8 Å². The van der Waals surface area contributed by atoms with Gasteiger partial charge in [-0.05, 0) is 39.6 Å². The Hall–Kier alpha value is -2.48. The number of non-ortho nitro benzene ring substituents is 1. The molecule has 1 aliphatic rings. The van der Waals surface area contributed by atoms with Crippen LogP contribution in [-0.4, -0.2) is 54.4 Å². The van der Waals surface area contributed by atoms with Crippen LogP contribution in [0.2, 0.25) is 5.02 Å². The van der Waals surface area contributed by atoms with Crippen LogP contribution in [0.15, 0.2) is 59.4 Å². The first kappa shape index (κ1) is 30.7. The first-order chi connectivity index (χ1) is 14.8. The third-order valence-electron chi connectivity index (χ3n) is 3.67. The molecule has 0 saturated heterocycles. The quantitative estimate of drug-likeness (QED) is 0.483. The molecule has 2 rings (SSSR count). The van der Waals surface area contributed by atoms with Crippen molar-refractivity contribution in [2.24, 2.45) is 4.99 Å². The van der Waals surface area contributed by atoms with Gasteiger partial charge in [0.2, 0.25) is 0 Å². The van der Waals surface area contributed by atoms with E-state index in [0.717, 1.165) is 12.2 Å². The molecule has 0 bridgehead atoms. The Morgan fingerprint density at radius 2 is 1.94 bits per heavy atom. The molecule has 174 valence electrons. The summed E-state index contributed by atoms with van der Waals surface area (Å²) in [5.74, 6) is 0. The number of nitrogens with one attached hydrogen (secondary N) is 1. The number of nitro groups is 1. The van der Waals surface area contributed by atoms with Gasteiger partial charge in [-0.2, -0.15) is 0 Å². The molecule has 1 aliphatic heterocycles. The minimum Gasteiger partial charge on any atom is -0.397 e. The number of likely N-dealkylation sites (N-methyl/N-ethyl adjacent to an activating group) is 1. The molecule has 31 heavy (non-hydrogen) atoms. The monoisotopic (exact) mass is 452 g/mol. The molecule has 0 aliphatic carbocycles. The van der Waals surface area contributed by atoms with Crippen LogP contribution in [0.25, 0.3) is 0 Å². The van der Waals surface area contributed by atoms with Crippen LogP contribution < -0.4 is 5.32 Å². The predicted molar refractivity (Wildman–Crippen MR) is 133 cm³/mol. The molecule has 2 N–H and O–H groups in total. The maximum atomic E-state index is 10.9. The average Bonchev–Trinajstić information content (AvgIpc) is 2.77. The lowest BCUT2D eigenvalue weighted by atomic mass is 10.1. The Morgan fingerprint density at radius 1 is 1.39 bits per heavy atom. The molecule has 0 saturated carbocycles. The van der Waals surface area contributed by atoms with Crippen LogP contribution in [0.4, 0.5) is 5.69 Å². The highest BCUT2D eigenvalue weighted by molar-refractivity contribution is 6.34. The van der Waals surface area contributed by atoms with E-state index in [9.17, 15) is 10.1 Å². The van der Waals surface area contributed by atoms with Crippen LogP contribution in [-0.2, 0) is 0 Å². The summed E-state index contributed by atoms with van der Waals surface area (Å²) in [5, 5.41) is 21.9. The van der Waals surface area contributed by atoms with Crippen molar-refractivity contribution in [3.63, 3.8) is 0 Å². The molecular weight excluding hydrogens is 416 g/mol. The Morgan fingerprint density at radius 3 is 2.39 bits per heavy atom. The molecule has 1 aromatic carbocycles. The number of halogens is 1. The number of nitrogens with zero attached hydrogens (tertiary/aromatic N) is 3. The summed E-state index contributed by atoms with van der Waals surface area (Å²) in [6.07, 6.45) is 5.61. The lowest BCUT2D eigenvalue weighted by Gasteiger charge is -2.28. The van der Waals surface area contributed by atoms with E-state index in [0.29, 0.717) is 28.5 Å². The zero-order valence-electron chi connectivity index (χ0n) is 19.8. The van der Waals surface area contributed by atoms with Crippen molar-refractivity contribution < 1.29 is 10.0 Å². The van der Waals surface area contributed by atoms with Gasteiger partial charge in [0, 0.05) is 31.4 Å². The summed E-state index contributed by atoms with van der Waals surface area (Å²) in [4.78, 5) is 17.0. The normalized spacial score (nSPS) is 14.0. The summed E-state index contributed by atoms with van der Waals surface area (Å²) in [6.45, 7) is 15.5. The van der Waals surface area contributed by atoms with E-state index in [-0.39, 0.29) is 12.3 Å². The lowest BCUT2D eigenvalue weighted by molar-refractivity contribution is -0.384. The first-order valence-electron chi connectivity index (χ1n) is 10.3. The Labute approximate surface area is 192 Å². The Kier molecular flexibility index (Phi) is 18.1. The number of nitro benzene ring substituents is 1. The molecule has 0 spiro atoms. The summed E-state index contributed by atoms with van der Waals surface area (Å²) in [6, 6.07) is 4.36. The fourth-order valence-electron chi connectivity index (χ4n) is 2.08. The third kappa shape index (κ3) is 11.5. The van der Waals surface area contributed by atoms with E-state index < -0.39 is 4.92 Å². The molecule has 0 aromatic heterocycles. The van der Waals surface area contributed by atoms with Gasteiger partial charge < -0.3 is 15.3 Å². The van der Waals surface area contributed by atoms with Gasteiger partial charge >= 0.3 is 0 Å². The number of hydrogen-bond donors (Lipinski definition) is 2. The molecule has 7 nitrogen and oxygen atoms in total. The van der Waals surface area contributed by atoms with Crippen molar-refractivity contribution >= 4 is 23.0 Å². The van der Waals surface area contributed by atoms with Gasteiger partial charge in [0.15, 0.2) is 0 Å². The minimum atomic E-state index is -0.442. The standard InChI is InChI=1S/C16H16ClN3O2.C3H9N.C2H6O.C2H6/c1-4-5-6-15-11(2)19(3)10-16(18-15)13-9-12(20(21)22)7-8-14(13)17;1-3-4-2;1-2-3;1-2/h4-9H,2,10H2,1,3H3;4H,3H2,1-2H3;3H,2H2,1H3;1-2H3/b5-4-,15-6+;;;. The molecule has 0 amide bonds. The van der Waals surface area contributed by atoms with E-state index in [4.69, 9.17) is 16.7 Å². The zero-order chi connectivity index (χ0) is 24.4. The second-order valence-corrected chi connectivity index (χ2v) is 6.29. The van der Waals surface area contributed by atoms with Crippen LogP contribution in [0, 0.1) is 10.1 Å². The smallest absolute Gasteiger partial charge is 0.270 e. The van der Waals surface area contributed by atoms with E-state index in [1.807, 2.05) is 58.0 Å². The minimum absolute atomic E-state index is 0.00635. The SMILES string of the molecule is C=C1/C(=C\C=C/C)N=C(c2cc([N+](=O)[O-])ccc2Cl)CN1C.CC.CCNC.CCO. The predicted octanol–water partition coefficient (Wildman–Crippen LogP) is 5.21. The van der Waals surface area contributed by atoms with Crippen molar-refractivity contribution in [1.29, 1.82) is 0 Å². The number of rotatable bonds is 4. The summed E-state index contributed by atoms with van der Waals surface area (Å²) in [7, 11) is 3.83. The van der Waals surface area contributed by atoms with Gasteiger partial charge in [-0.15, -0.1) is 0 Å². The third-order valence-corrected chi connectivity index (χ3v) is 4.00. The van der Waals surface area contributed by atoms with Gasteiger partial charge in [0.1, 0.15) is 0 Å². The highest BCUT2D eigenvalue weighted by Crippen LogP contribution is 2.27. The maximum Gasteiger partial charge on any atom is 0.270 e. The van der Waals surface area contributed by atoms with E-state index >= 15 is 0 Å². The van der Waals surface area contributed by atoms with Gasteiger partial charge in [0.25, 0.3) is 5.69 Å². The number of aliphatic imine (C=N–C) groups is 1. The van der Waals surface area contributed by atoms with Crippen LogP contribution in [0.3, 0.4) is 0 Å². The van der Waals surface area contributed by atoms with Crippen LogP contribution in [0.5, 0.6) is 0 Å². The summed E-state index contributed by atoms with van der Waals surface area (Å²) in [5.41, 5.74) is 2.75. The van der Waals surface area contributed by atoms with Gasteiger partial charge in [-0.25, -0.2) is 4.99 Å². The molecule has 1 heterocycles. The largest absolute Gasteiger partial charge is 0.397 e. The highest BCUT2D eigenvalue weighted by atomic mass is 35.5. The fourth-order valence-corrected chi connectivity index (χ4v) is 2.30. The summed E-state index contributed by atoms with van der Waals surface area (Å²) < 4.78 is 0. The van der Waals surface area contributed by atoms with Crippen molar-refractivity contribution in [3.05, 3.63) is 75.1 Å². The van der Waals surface area contributed by atoms with Gasteiger partial charge in [0.05, 0.1) is 33.6 Å². The highest BCUT2D eigenvalue weighted by Gasteiger charge is 2.21. The van der Waals surface area contributed by atoms with Crippen molar-refractivity contribution in [2.45, 2.75) is 34.6 Å².